The van der Waals surface area contributed by atoms with Gasteiger partial charge in [0.25, 0.3) is 10.0 Å². The number of ketones is 1. The van der Waals surface area contributed by atoms with Gasteiger partial charge in [-0.25, -0.2) is 17.1 Å². The average Bonchev–Trinajstić information content (AvgIpc) is 2.82. The summed E-state index contributed by atoms with van der Waals surface area (Å²) in [5, 5.41) is 13.1. The van der Waals surface area contributed by atoms with Crippen LogP contribution in [-0.2, 0) is 21.0 Å². The topological polar surface area (TPSA) is 104 Å². The number of halogens is 4. The molecule has 0 bridgehead atoms. The molecule has 1 heterocycles. The lowest BCUT2D eigenvalue weighted by atomic mass is 10.0. The van der Waals surface area contributed by atoms with Crippen LogP contribution in [0.25, 0.3) is 5.76 Å². The van der Waals surface area contributed by atoms with Crippen LogP contribution in [0, 0.1) is 5.82 Å². The molecule has 0 aliphatic carbocycles. The quantitative estimate of drug-likeness (QED) is 0.297. The first-order valence-corrected chi connectivity index (χ1v) is 11.7. The Hall–Kier alpha value is -4.19. The molecule has 3 aromatic rings. The SMILES string of the molecule is O=C(CN1C(=C(O)c2cccc(F)c2)C(=O)c2ccccc2S1(=O)=O)Nc1ccc(C(F)(F)F)cc1. The van der Waals surface area contributed by atoms with E-state index in [1.807, 2.05) is 0 Å². The zero-order chi connectivity index (χ0) is 26.3. The number of Topliss-reactive ketones (excluding diaryl/α,β-unsaturated/α-hetero) is 1. The first-order chi connectivity index (χ1) is 16.9. The second-order valence-electron chi connectivity index (χ2n) is 7.67. The molecule has 36 heavy (non-hydrogen) atoms. The molecule has 0 atom stereocenters. The lowest BCUT2D eigenvalue weighted by molar-refractivity contribution is -0.137. The van der Waals surface area contributed by atoms with Crippen molar-refractivity contribution in [1.29, 1.82) is 0 Å². The van der Waals surface area contributed by atoms with Gasteiger partial charge < -0.3 is 10.4 Å². The fourth-order valence-electron chi connectivity index (χ4n) is 3.59. The minimum absolute atomic E-state index is 0.0611. The third-order valence-electron chi connectivity index (χ3n) is 5.27. The number of fused-ring (bicyclic) bond motifs is 1. The highest BCUT2D eigenvalue weighted by Crippen LogP contribution is 2.35. The first kappa shape index (κ1) is 24.9. The predicted octanol–water partition coefficient (Wildman–Crippen LogP) is 4.60. The standard InChI is InChI=1S/C24H16F4N2O5S/c25-16-5-3-4-14(12-16)22(32)21-23(33)18-6-1-2-7-19(18)36(34,35)30(21)13-20(31)29-17-10-8-15(9-11-17)24(26,27)28/h1-12,32H,13H2,(H,29,31). The number of carbonyl (C=O) groups excluding carboxylic acids is 2. The second kappa shape index (κ2) is 9.11. The Morgan fingerprint density at radius 3 is 2.28 bits per heavy atom. The number of benzene rings is 3. The maximum absolute atomic E-state index is 13.7. The molecule has 1 aliphatic heterocycles. The van der Waals surface area contributed by atoms with E-state index in [0.717, 1.165) is 42.5 Å². The minimum atomic E-state index is -4.59. The Morgan fingerprint density at radius 1 is 0.972 bits per heavy atom. The molecule has 0 unspecified atom stereocenters. The van der Waals surface area contributed by atoms with Gasteiger partial charge in [0.1, 0.15) is 18.1 Å². The van der Waals surface area contributed by atoms with Crippen molar-refractivity contribution in [3.63, 3.8) is 0 Å². The Bertz CT molecular complexity index is 1500. The summed E-state index contributed by atoms with van der Waals surface area (Å²) in [5.41, 5.74) is -2.25. The van der Waals surface area contributed by atoms with Crippen molar-refractivity contribution in [2.45, 2.75) is 11.1 Å². The number of aliphatic hydroxyl groups excluding tert-OH is 1. The number of sulfonamides is 1. The number of amides is 1. The number of nitrogens with one attached hydrogen (secondary N) is 1. The van der Waals surface area contributed by atoms with Crippen LogP contribution in [0.4, 0.5) is 23.2 Å². The number of hydrogen-bond donors (Lipinski definition) is 2. The zero-order valence-electron chi connectivity index (χ0n) is 18.1. The van der Waals surface area contributed by atoms with Gasteiger partial charge in [0.15, 0.2) is 5.76 Å². The van der Waals surface area contributed by atoms with Crippen LogP contribution < -0.4 is 5.32 Å². The van der Waals surface area contributed by atoms with E-state index in [2.05, 4.69) is 5.32 Å². The van der Waals surface area contributed by atoms with Crippen LogP contribution in [0.1, 0.15) is 21.5 Å². The first-order valence-electron chi connectivity index (χ1n) is 10.2. The van der Waals surface area contributed by atoms with Gasteiger partial charge in [0, 0.05) is 16.8 Å². The molecule has 7 nitrogen and oxygen atoms in total. The maximum Gasteiger partial charge on any atom is 0.416 e. The number of hydrogen-bond acceptors (Lipinski definition) is 5. The molecule has 2 N–H and O–H groups in total. The van der Waals surface area contributed by atoms with E-state index in [-0.39, 0.29) is 16.8 Å². The monoisotopic (exact) mass is 520 g/mol. The van der Waals surface area contributed by atoms with Crippen LogP contribution in [0.2, 0.25) is 0 Å². The maximum atomic E-state index is 13.7. The zero-order valence-corrected chi connectivity index (χ0v) is 18.9. The Kier molecular flexibility index (Phi) is 6.31. The van der Waals surface area contributed by atoms with Gasteiger partial charge in [-0.05, 0) is 48.5 Å². The number of aliphatic hydroxyl groups is 1. The van der Waals surface area contributed by atoms with E-state index in [9.17, 15) is 40.7 Å². The highest BCUT2D eigenvalue weighted by molar-refractivity contribution is 7.89. The third kappa shape index (κ3) is 4.67. The molecular weight excluding hydrogens is 504 g/mol. The van der Waals surface area contributed by atoms with Crippen LogP contribution >= 0.6 is 0 Å². The van der Waals surface area contributed by atoms with E-state index >= 15 is 0 Å². The fraction of sp³-hybridized carbons (Fsp3) is 0.0833. The van der Waals surface area contributed by atoms with Gasteiger partial charge in [0.05, 0.1) is 10.5 Å². The van der Waals surface area contributed by atoms with Crippen molar-refractivity contribution in [1.82, 2.24) is 4.31 Å². The average molecular weight is 520 g/mol. The van der Waals surface area contributed by atoms with Crippen molar-refractivity contribution in [3.8, 4) is 0 Å². The summed E-state index contributed by atoms with van der Waals surface area (Å²) >= 11 is 0. The second-order valence-corrected chi connectivity index (χ2v) is 9.50. The summed E-state index contributed by atoms with van der Waals surface area (Å²) in [7, 11) is -4.55. The Labute approximate surface area is 202 Å². The molecule has 1 aliphatic rings. The lowest BCUT2D eigenvalue weighted by Gasteiger charge is -2.31. The van der Waals surface area contributed by atoms with Crippen LogP contribution in [0.3, 0.4) is 0 Å². The largest absolute Gasteiger partial charge is 0.505 e. The summed E-state index contributed by atoms with van der Waals surface area (Å²) < 4.78 is 79.2. The van der Waals surface area contributed by atoms with E-state index in [4.69, 9.17) is 0 Å². The molecule has 4 rings (SSSR count). The van der Waals surface area contributed by atoms with Gasteiger partial charge in [0.2, 0.25) is 11.7 Å². The van der Waals surface area contributed by atoms with Gasteiger partial charge in [-0.1, -0.05) is 24.3 Å². The van der Waals surface area contributed by atoms with Gasteiger partial charge >= 0.3 is 6.18 Å². The van der Waals surface area contributed by atoms with Gasteiger partial charge in [-0.3, -0.25) is 9.59 Å². The molecule has 12 heteroatoms. The van der Waals surface area contributed by atoms with Crippen molar-refractivity contribution >= 4 is 33.2 Å². The summed E-state index contributed by atoms with van der Waals surface area (Å²) in [4.78, 5) is 25.5. The molecule has 3 aromatic carbocycles. The summed E-state index contributed by atoms with van der Waals surface area (Å²) in [5.74, 6) is -3.57. The Morgan fingerprint density at radius 2 is 1.64 bits per heavy atom. The molecule has 0 saturated carbocycles. The smallest absolute Gasteiger partial charge is 0.416 e. The van der Waals surface area contributed by atoms with Crippen LogP contribution in [0.15, 0.2) is 83.4 Å². The molecule has 1 amide bonds. The predicted molar refractivity (Wildman–Crippen MR) is 121 cm³/mol. The fourth-order valence-corrected chi connectivity index (χ4v) is 5.22. The van der Waals surface area contributed by atoms with Crippen molar-refractivity contribution in [2.24, 2.45) is 0 Å². The third-order valence-corrected chi connectivity index (χ3v) is 7.07. The van der Waals surface area contributed by atoms with Crippen LogP contribution in [-0.4, -0.2) is 36.1 Å². The molecule has 0 spiro atoms. The molecule has 0 saturated heterocycles. The molecule has 186 valence electrons. The highest BCUT2D eigenvalue weighted by atomic mass is 32.2. The number of allylic oxidation sites excluding steroid dienone is 1. The lowest BCUT2D eigenvalue weighted by Crippen LogP contribution is -2.43. The Balaban J connectivity index is 1.75. The summed E-state index contributed by atoms with van der Waals surface area (Å²) in [6.45, 7) is -1.00. The van der Waals surface area contributed by atoms with Gasteiger partial charge in [-0.15, -0.1) is 0 Å². The molecule has 0 radical (unpaired) electrons. The molecular formula is C24H16F4N2O5S. The van der Waals surface area contributed by atoms with Crippen LogP contribution in [0.5, 0.6) is 0 Å². The summed E-state index contributed by atoms with van der Waals surface area (Å²) in [6, 6.07) is 13.0. The van der Waals surface area contributed by atoms with Crippen molar-refractivity contribution in [2.75, 3.05) is 11.9 Å². The number of carbonyl (C=O) groups is 2. The van der Waals surface area contributed by atoms with Gasteiger partial charge in [-0.2, -0.15) is 13.2 Å². The molecule has 0 aromatic heterocycles. The molecule has 0 fully saturated rings. The minimum Gasteiger partial charge on any atom is -0.505 e. The highest BCUT2D eigenvalue weighted by Gasteiger charge is 2.42. The van der Waals surface area contributed by atoms with E-state index in [1.54, 1.807) is 0 Å². The van der Waals surface area contributed by atoms with E-state index in [0.29, 0.717) is 4.31 Å². The van der Waals surface area contributed by atoms with E-state index in [1.165, 1.54) is 30.3 Å². The van der Waals surface area contributed by atoms with Crippen molar-refractivity contribution in [3.05, 3.63) is 101 Å². The van der Waals surface area contributed by atoms with E-state index < -0.39 is 62.2 Å². The normalized spacial score (nSPS) is 16.3. The number of rotatable bonds is 4. The van der Waals surface area contributed by atoms with Crippen molar-refractivity contribution < 1.29 is 40.7 Å². The number of nitrogens with zero attached hydrogens (tertiary/aromatic N) is 1. The number of alkyl halides is 3. The number of anilines is 1. The summed E-state index contributed by atoms with van der Waals surface area (Å²) in [6.07, 6.45) is -4.59.